The van der Waals surface area contributed by atoms with E-state index in [1.807, 2.05) is 6.07 Å². The monoisotopic (exact) mass is 592 g/mol. The second-order valence-electron chi connectivity index (χ2n) is 8.25. The van der Waals surface area contributed by atoms with Gasteiger partial charge in [0.2, 0.25) is 5.95 Å². The predicted octanol–water partition coefficient (Wildman–Crippen LogP) is 8.64. The first-order chi connectivity index (χ1) is 19.2. The Bertz CT molecular complexity index is 1810. The van der Waals surface area contributed by atoms with Crippen molar-refractivity contribution in [2.75, 3.05) is 11.1 Å². The molecule has 0 fully saturated rings. The van der Waals surface area contributed by atoms with Crippen LogP contribution in [0.1, 0.15) is 0 Å². The van der Waals surface area contributed by atoms with Crippen LogP contribution in [0.2, 0.25) is 0 Å². The van der Waals surface area contributed by atoms with Gasteiger partial charge in [0, 0.05) is 37.2 Å². The molecule has 0 radical (unpaired) electrons. The number of aromatic nitrogens is 2. The lowest BCUT2D eigenvalue weighted by molar-refractivity contribution is 0.481. The van der Waals surface area contributed by atoms with Gasteiger partial charge in [-0.1, -0.05) is 12.1 Å². The highest BCUT2D eigenvalue weighted by Gasteiger charge is 2.16. The van der Waals surface area contributed by atoms with Gasteiger partial charge >= 0.3 is 6.08 Å². The molecule has 0 aliphatic rings. The summed E-state index contributed by atoms with van der Waals surface area (Å²) >= 11 is 13.3. The van der Waals surface area contributed by atoms with Crippen LogP contribution in [0.4, 0.5) is 48.7 Å². The molecule has 0 saturated heterocycles. The van der Waals surface area contributed by atoms with E-state index in [0.29, 0.717) is 48.2 Å². The summed E-state index contributed by atoms with van der Waals surface area (Å²) in [7, 11) is 0. The standard InChI is InChI=1S/C26H18F2N8OS3/c27-21-11-22(32-26(28)31-21)30-12-5-8-19(39)17(9-12)34-35-23-14-10-20(40)24(25(37)13(14)6-7-15(23)29)36-33-16-3-1-2-4-18(16)38/h1-11,37-40H,29H2,(H,30,31,32)/b35-34+,36-33+. The summed E-state index contributed by atoms with van der Waals surface area (Å²) in [5.74, 6) is -1.26. The lowest BCUT2D eigenvalue weighted by atomic mass is 10.1. The van der Waals surface area contributed by atoms with Gasteiger partial charge in [0.05, 0.1) is 11.4 Å². The van der Waals surface area contributed by atoms with Crippen molar-refractivity contribution >= 4 is 88.6 Å². The number of hydrogen-bond acceptors (Lipinski definition) is 12. The summed E-state index contributed by atoms with van der Waals surface area (Å²) < 4.78 is 26.8. The van der Waals surface area contributed by atoms with Crippen LogP contribution in [-0.4, -0.2) is 15.1 Å². The molecule has 5 aromatic rings. The summed E-state index contributed by atoms with van der Waals surface area (Å²) in [4.78, 5) is 7.91. The van der Waals surface area contributed by atoms with E-state index in [-0.39, 0.29) is 22.9 Å². The van der Waals surface area contributed by atoms with Crippen molar-refractivity contribution in [2.45, 2.75) is 14.7 Å². The fraction of sp³-hybridized carbons (Fsp3) is 0. The highest BCUT2D eigenvalue weighted by Crippen LogP contribution is 2.46. The van der Waals surface area contributed by atoms with Crippen molar-refractivity contribution in [1.29, 1.82) is 0 Å². The van der Waals surface area contributed by atoms with Crippen molar-refractivity contribution in [1.82, 2.24) is 9.97 Å². The molecule has 4 aromatic carbocycles. The Morgan fingerprint density at radius 2 is 1.45 bits per heavy atom. The lowest BCUT2D eigenvalue weighted by Gasteiger charge is -2.11. The Labute approximate surface area is 242 Å². The fourth-order valence-electron chi connectivity index (χ4n) is 3.68. The molecule has 0 unspecified atom stereocenters. The van der Waals surface area contributed by atoms with Gasteiger partial charge in [0.1, 0.15) is 22.9 Å². The summed E-state index contributed by atoms with van der Waals surface area (Å²) in [5, 5.41) is 31.7. The van der Waals surface area contributed by atoms with Gasteiger partial charge in [-0.25, -0.2) is 0 Å². The van der Waals surface area contributed by atoms with Gasteiger partial charge in [-0.15, -0.1) is 58.3 Å². The second-order valence-corrected chi connectivity index (χ2v) is 9.70. The van der Waals surface area contributed by atoms with E-state index in [1.165, 1.54) is 0 Å². The van der Waals surface area contributed by atoms with Gasteiger partial charge in [0.15, 0.2) is 5.75 Å². The van der Waals surface area contributed by atoms with Crippen molar-refractivity contribution in [3.05, 3.63) is 78.8 Å². The number of phenolic OH excluding ortho intramolecular Hbond substituents is 1. The number of hydrogen-bond donors (Lipinski definition) is 6. The summed E-state index contributed by atoms with van der Waals surface area (Å²) in [6, 6.07) is 17.8. The van der Waals surface area contributed by atoms with E-state index in [2.05, 4.69) is 73.6 Å². The maximum Gasteiger partial charge on any atom is 0.313 e. The van der Waals surface area contributed by atoms with Crippen LogP contribution in [0.3, 0.4) is 0 Å². The molecule has 0 spiro atoms. The largest absolute Gasteiger partial charge is 0.505 e. The van der Waals surface area contributed by atoms with Crippen molar-refractivity contribution < 1.29 is 13.9 Å². The van der Waals surface area contributed by atoms with E-state index >= 15 is 0 Å². The average molecular weight is 593 g/mol. The molecule has 0 atom stereocenters. The van der Waals surface area contributed by atoms with Gasteiger partial charge in [-0.3, -0.25) is 0 Å². The number of rotatable bonds is 6. The van der Waals surface area contributed by atoms with Crippen LogP contribution in [0.25, 0.3) is 10.8 Å². The number of nitrogens with two attached hydrogens (primary N) is 1. The molecule has 0 bridgehead atoms. The van der Waals surface area contributed by atoms with E-state index < -0.39 is 12.0 Å². The van der Waals surface area contributed by atoms with Gasteiger partial charge in [0.25, 0.3) is 0 Å². The second kappa shape index (κ2) is 11.5. The predicted molar refractivity (Wildman–Crippen MR) is 158 cm³/mol. The number of halogens is 2. The van der Waals surface area contributed by atoms with Crippen LogP contribution in [0, 0.1) is 12.0 Å². The number of phenols is 1. The normalized spacial score (nSPS) is 11.6. The molecule has 1 aromatic heterocycles. The van der Waals surface area contributed by atoms with Crippen molar-refractivity contribution in [3.63, 3.8) is 0 Å². The minimum Gasteiger partial charge on any atom is -0.505 e. The maximum atomic E-state index is 13.4. The Balaban J connectivity index is 1.50. The third-order valence-electron chi connectivity index (χ3n) is 5.56. The van der Waals surface area contributed by atoms with Crippen LogP contribution in [-0.2, 0) is 0 Å². The first-order valence-electron chi connectivity index (χ1n) is 11.4. The number of benzene rings is 4. The molecule has 200 valence electrons. The molecule has 5 rings (SSSR count). The number of fused-ring (bicyclic) bond motifs is 1. The van der Waals surface area contributed by atoms with E-state index in [9.17, 15) is 13.9 Å². The third kappa shape index (κ3) is 5.83. The highest BCUT2D eigenvalue weighted by atomic mass is 32.1. The minimum atomic E-state index is -1.21. The molecule has 0 amide bonds. The molecule has 0 saturated carbocycles. The van der Waals surface area contributed by atoms with Gasteiger partial charge in [-0.2, -0.15) is 18.7 Å². The number of nitrogens with one attached hydrogen (secondary N) is 1. The molecular formula is C26H18F2N8OS3. The Kier molecular flexibility index (Phi) is 7.82. The first kappa shape index (κ1) is 27.3. The molecule has 14 heteroatoms. The number of aromatic hydroxyl groups is 1. The van der Waals surface area contributed by atoms with Crippen LogP contribution in [0.5, 0.6) is 5.75 Å². The molecule has 9 nitrogen and oxygen atoms in total. The smallest absolute Gasteiger partial charge is 0.313 e. The Hall–Kier alpha value is -4.27. The molecule has 1 heterocycles. The number of azo groups is 2. The summed E-state index contributed by atoms with van der Waals surface area (Å²) in [6.07, 6.45) is -1.21. The highest BCUT2D eigenvalue weighted by molar-refractivity contribution is 7.80. The number of anilines is 3. The Morgan fingerprint density at radius 1 is 0.725 bits per heavy atom. The lowest BCUT2D eigenvalue weighted by Crippen LogP contribution is -1.99. The molecule has 0 aliphatic heterocycles. The van der Waals surface area contributed by atoms with E-state index in [1.54, 1.807) is 54.6 Å². The third-order valence-corrected chi connectivity index (χ3v) is 6.66. The number of nitrogen functional groups attached to an aromatic ring is 1. The maximum absolute atomic E-state index is 13.4. The average Bonchev–Trinajstić information content (AvgIpc) is 2.90. The minimum absolute atomic E-state index is 0.0827. The number of nitrogens with zero attached hydrogens (tertiary/aromatic N) is 6. The van der Waals surface area contributed by atoms with Crippen molar-refractivity contribution in [3.8, 4) is 5.75 Å². The van der Waals surface area contributed by atoms with Crippen molar-refractivity contribution in [2.24, 2.45) is 20.5 Å². The molecular weight excluding hydrogens is 575 g/mol. The van der Waals surface area contributed by atoms with E-state index in [4.69, 9.17) is 5.73 Å². The molecule has 0 aliphatic carbocycles. The quantitative estimate of drug-likeness (QED) is 0.0386. The van der Waals surface area contributed by atoms with Gasteiger partial charge < -0.3 is 16.2 Å². The summed E-state index contributed by atoms with van der Waals surface area (Å²) in [6.45, 7) is 0. The first-order valence-corrected chi connectivity index (χ1v) is 12.7. The fourth-order valence-corrected chi connectivity index (χ4v) is 4.35. The van der Waals surface area contributed by atoms with Crippen LogP contribution in [0.15, 0.2) is 102 Å². The Morgan fingerprint density at radius 3 is 2.23 bits per heavy atom. The topological polar surface area (TPSA) is 134 Å². The zero-order valence-corrected chi connectivity index (χ0v) is 22.8. The van der Waals surface area contributed by atoms with Crippen LogP contribution >= 0.6 is 37.9 Å². The zero-order valence-electron chi connectivity index (χ0n) is 20.2. The SMILES string of the molecule is Nc1ccc2c(O)c(/N=N/c3ccccc3S)c(S)cc2c1/N=N/c1cc(Nc2cc(F)nc(F)n2)ccc1S. The van der Waals surface area contributed by atoms with Crippen LogP contribution < -0.4 is 11.1 Å². The molecule has 4 N–H and O–H groups in total. The summed E-state index contributed by atoms with van der Waals surface area (Å²) in [5.41, 5.74) is 8.22. The zero-order chi connectivity index (χ0) is 28.4. The van der Waals surface area contributed by atoms with Gasteiger partial charge in [-0.05, 0) is 48.5 Å². The van der Waals surface area contributed by atoms with E-state index in [0.717, 1.165) is 6.07 Å². The number of thiol groups is 3. The molecule has 40 heavy (non-hydrogen) atoms.